The lowest BCUT2D eigenvalue weighted by Crippen LogP contribution is -2.40. The van der Waals surface area contributed by atoms with Crippen LogP contribution in [0.3, 0.4) is 0 Å². The Hall–Kier alpha value is -4.22. The summed E-state index contributed by atoms with van der Waals surface area (Å²) >= 11 is 6.31. The average molecular weight is 486 g/mol. The molecule has 2 aliphatic heterocycles. The van der Waals surface area contributed by atoms with Gasteiger partial charge in [-0.3, -0.25) is 4.57 Å². The summed E-state index contributed by atoms with van der Waals surface area (Å²) in [6.45, 7) is 2.07. The van der Waals surface area contributed by atoms with Gasteiger partial charge in [-0.1, -0.05) is 48.0 Å². The van der Waals surface area contributed by atoms with Crippen molar-refractivity contribution in [2.45, 2.75) is 25.4 Å². The van der Waals surface area contributed by atoms with Crippen LogP contribution in [-0.4, -0.2) is 31.7 Å². The summed E-state index contributed by atoms with van der Waals surface area (Å²) in [5.41, 5.74) is 1.96. The van der Waals surface area contributed by atoms with Crippen LogP contribution in [0, 0.1) is 18.3 Å². The number of amides is 2. The lowest BCUT2D eigenvalue weighted by molar-refractivity contribution is 0.198. The van der Waals surface area contributed by atoms with Crippen LogP contribution in [0.25, 0.3) is 16.5 Å². The van der Waals surface area contributed by atoms with E-state index in [0.717, 1.165) is 10.8 Å². The van der Waals surface area contributed by atoms with Gasteiger partial charge >= 0.3 is 11.7 Å². The van der Waals surface area contributed by atoms with Gasteiger partial charge in [0.05, 0.1) is 34.0 Å². The molecule has 0 aliphatic carbocycles. The maximum Gasteiger partial charge on any atom is 0.336 e. The number of aromatic nitrogens is 2. The van der Waals surface area contributed by atoms with Crippen molar-refractivity contribution < 1.29 is 9.90 Å². The zero-order valence-electron chi connectivity index (χ0n) is 18.7. The minimum Gasteiger partial charge on any atom is -0.493 e. The van der Waals surface area contributed by atoms with Crippen molar-refractivity contribution in [2.24, 2.45) is 0 Å². The Kier molecular flexibility index (Phi) is 4.66. The number of hydrogen-bond donors (Lipinski definition) is 2. The van der Waals surface area contributed by atoms with E-state index in [-0.39, 0.29) is 28.7 Å². The number of fused-ring (bicyclic) bond motifs is 6. The fourth-order valence-corrected chi connectivity index (χ4v) is 5.61. The lowest BCUT2D eigenvalue weighted by Gasteiger charge is -2.28. The number of aromatic hydroxyl groups is 1. The van der Waals surface area contributed by atoms with Gasteiger partial charge < -0.3 is 15.3 Å². The fraction of sp³-hybridized carbons (Fsp3) is 0.192. The highest BCUT2D eigenvalue weighted by Gasteiger charge is 2.49. The van der Waals surface area contributed by atoms with Gasteiger partial charge in [-0.05, 0) is 42.5 Å². The van der Waals surface area contributed by atoms with Gasteiger partial charge in [0, 0.05) is 11.9 Å². The van der Waals surface area contributed by atoms with E-state index in [1.165, 1.54) is 10.6 Å². The third kappa shape index (κ3) is 2.98. The number of nitriles is 1. The Morgan fingerprint density at radius 1 is 1.17 bits per heavy atom. The number of halogens is 1. The van der Waals surface area contributed by atoms with Crippen molar-refractivity contribution in [3.05, 3.63) is 86.9 Å². The summed E-state index contributed by atoms with van der Waals surface area (Å²) in [5.74, 6) is -0.214. The first kappa shape index (κ1) is 21.3. The van der Waals surface area contributed by atoms with Crippen LogP contribution in [0.4, 0.5) is 10.5 Å². The van der Waals surface area contributed by atoms with E-state index in [9.17, 15) is 20.0 Å². The summed E-state index contributed by atoms with van der Waals surface area (Å²) < 4.78 is 2.79. The highest BCUT2D eigenvalue weighted by Crippen LogP contribution is 2.49. The summed E-state index contributed by atoms with van der Waals surface area (Å²) in [5, 5.41) is 25.6. The molecule has 4 aromatic rings. The van der Waals surface area contributed by atoms with E-state index in [0.29, 0.717) is 41.2 Å². The monoisotopic (exact) mass is 485 g/mol. The van der Waals surface area contributed by atoms with Gasteiger partial charge in [0.25, 0.3) is 0 Å². The molecule has 174 valence electrons. The summed E-state index contributed by atoms with van der Waals surface area (Å²) in [4.78, 5) is 28.3. The lowest BCUT2D eigenvalue weighted by atomic mass is 10.1. The van der Waals surface area contributed by atoms with Crippen LogP contribution in [0.5, 0.6) is 5.88 Å². The van der Waals surface area contributed by atoms with Gasteiger partial charge in [-0.25, -0.2) is 14.2 Å². The zero-order chi connectivity index (χ0) is 24.4. The largest absolute Gasteiger partial charge is 0.493 e. The van der Waals surface area contributed by atoms with Crippen molar-refractivity contribution in [1.29, 1.82) is 5.26 Å². The van der Waals surface area contributed by atoms with Gasteiger partial charge in [-0.15, -0.1) is 0 Å². The van der Waals surface area contributed by atoms with Crippen LogP contribution < -0.4 is 11.0 Å². The summed E-state index contributed by atoms with van der Waals surface area (Å²) in [6, 6.07) is 17.7. The third-order valence-electron chi connectivity index (χ3n) is 7.07. The number of carbonyl (C=O) groups is 1. The molecule has 6 rings (SSSR count). The molecule has 2 atom stereocenters. The van der Waals surface area contributed by atoms with E-state index in [2.05, 4.69) is 5.32 Å². The molecular weight excluding hydrogens is 466 g/mol. The number of rotatable bonds is 2. The number of imidazole rings is 1. The van der Waals surface area contributed by atoms with Gasteiger partial charge in [0.2, 0.25) is 5.88 Å². The van der Waals surface area contributed by atoms with Crippen LogP contribution in [-0.2, 0) is 0 Å². The molecule has 0 radical (unpaired) electrons. The van der Waals surface area contributed by atoms with Crippen LogP contribution >= 0.6 is 11.6 Å². The van der Waals surface area contributed by atoms with E-state index in [1.807, 2.05) is 48.5 Å². The molecule has 9 heteroatoms. The molecule has 1 saturated heterocycles. The molecule has 0 spiro atoms. The summed E-state index contributed by atoms with van der Waals surface area (Å²) in [7, 11) is 0. The predicted molar refractivity (Wildman–Crippen MR) is 132 cm³/mol. The SMILES string of the molecule is Cc1c(-n2c(O)c3n(c2=O)C2CC3N(C(=O)Nc3cccc4ccccc34)C2)ccc(C#N)c1Cl. The third-order valence-corrected chi connectivity index (χ3v) is 7.56. The molecule has 8 nitrogen and oxygen atoms in total. The van der Waals surface area contributed by atoms with Gasteiger partial charge in [0.1, 0.15) is 11.8 Å². The first-order valence-electron chi connectivity index (χ1n) is 11.2. The highest BCUT2D eigenvalue weighted by atomic mass is 35.5. The minimum atomic E-state index is -0.432. The predicted octanol–water partition coefficient (Wildman–Crippen LogP) is 4.86. The molecule has 0 saturated carbocycles. The van der Waals surface area contributed by atoms with Crippen molar-refractivity contribution in [3.63, 3.8) is 0 Å². The molecule has 2 aliphatic rings. The van der Waals surface area contributed by atoms with Crippen LogP contribution in [0.1, 0.15) is 35.3 Å². The molecule has 3 heterocycles. The van der Waals surface area contributed by atoms with E-state index in [4.69, 9.17) is 11.6 Å². The van der Waals surface area contributed by atoms with Gasteiger partial charge in [0.15, 0.2) is 0 Å². The number of likely N-dealkylation sites (tertiary alicyclic amines) is 1. The normalized spacial score (nSPS) is 18.0. The number of urea groups is 1. The molecule has 2 N–H and O–H groups in total. The Labute approximate surface area is 205 Å². The number of carbonyl (C=O) groups excluding carboxylic acids is 1. The second kappa shape index (κ2) is 7.65. The number of anilines is 1. The molecule has 35 heavy (non-hydrogen) atoms. The molecule has 2 bridgehead atoms. The first-order valence-corrected chi connectivity index (χ1v) is 11.6. The summed E-state index contributed by atoms with van der Waals surface area (Å²) in [6.07, 6.45) is 0.565. The number of benzene rings is 3. The Bertz CT molecular complexity index is 1640. The fourth-order valence-electron chi connectivity index (χ4n) is 5.41. The Morgan fingerprint density at radius 2 is 1.94 bits per heavy atom. The number of nitrogens with zero attached hydrogens (tertiary/aromatic N) is 4. The quantitative estimate of drug-likeness (QED) is 0.423. The Balaban J connectivity index is 1.37. The first-order chi connectivity index (χ1) is 16.9. The molecule has 3 aromatic carbocycles. The average Bonchev–Trinajstić information content (AvgIpc) is 3.53. The van der Waals surface area contributed by atoms with Gasteiger partial charge in [-0.2, -0.15) is 5.26 Å². The van der Waals surface area contributed by atoms with E-state index < -0.39 is 6.04 Å². The maximum absolute atomic E-state index is 13.3. The smallest absolute Gasteiger partial charge is 0.336 e. The van der Waals surface area contributed by atoms with Crippen molar-refractivity contribution >= 4 is 34.1 Å². The zero-order valence-corrected chi connectivity index (χ0v) is 19.5. The highest BCUT2D eigenvalue weighted by molar-refractivity contribution is 6.32. The van der Waals surface area contributed by atoms with E-state index >= 15 is 0 Å². The standard InChI is InChI=1S/C26H20ClN5O3/c1-14-20(10-9-16(12-28)22(14)27)32-24(33)23-21-11-17(31(23)26(32)35)13-30(21)25(34)29-19-8-4-6-15-5-2-3-7-18(15)19/h2-10,17,21,33H,11,13H2,1H3,(H,29,34). The Morgan fingerprint density at radius 3 is 2.74 bits per heavy atom. The molecule has 1 fully saturated rings. The molecular formula is C26H20ClN5O3. The number of nitrogens with one attached hydrogen (secondary N) is 1. The molecule has 1 aromatic heterocycles. The number of hydrogen-bond acceptors (Lipinski definition) is 4. The van der Waals surface area contributed by atoms with Crippen molar-refractivity contribution in [2.75, 3.05) is 11.9 Å². The second-order valence-corrected chi connectivity index (χ2v) is 9.27. The molecule has 2 unspecified atom stereocenters. The second-order valence-electron chi connectivity index (χ2n) is 8.89. The van der Waals surface area contributed by atoms with Crippen LogP contribution in [0.15, 0.2) is 59.4 Å². The molecule has 2 amide bonds. The minimum absolute atomic E-state index is 0.214. The maximum atomic E-state index is 13.3. The van der Waals surface area contributed by atoms with Crippen molar-refractivity contribution in [3.8, 4) is 17.6 Å². The van der Waals surface area contributed by atoms with Crippen LogP contribution in [0.2, 0.25) is 5.02 Å². The topological polar surface area (TPSA) is 103 Å². The van der Waals surface area contributed by atoms with E-state index in [1.54, 1.807) is 22.5 Å². The van der Waals surface area contributed by atoms with Crippen molar-refractivity contribution in [1.82, 2.24) is 14.0 Å².